The molecule has 1 aromatic heterocycles. The number of nitrogens with zero attached hydrogens (tertiary/aromatic N) is 1. The van der Waals surface area contributed by atoms with Crippen LogP contribution in [0, 0.1) is 0 Å². The fraction of sp³-hybridized carbons (Fsp3) is 0.700. The van der Waals surface area contributed by atoms with Crippen molar-refractivity contribution in [1.82, 2.24) is 4.98 Å². The van der Waals surface area contributed by atoms with Gasteiger partial charge in [-0.2, -0.15) is 0 Å². The summed E-state index contributed by atoms with van der Waals surface area (Å²) in [6, 6.07) is 0. The van der Waals surface area contributed by atoms with E-state index in [1.807, 2.05) is 6.92 Å². The van der Waals surface area contributed by atoms with E-state index in [1.165, 1.54) is 6.26 Å². The second-order valence-electron chi connectivity index (χ2n) is 4.25. The van der Waals surface area contributed by atoms with Gasteiger partial charge in [-0.15, -0.1) is 0 Å². The van der Waals surface area contributed by atoms with Crippen molar-refractivity contribution in [2.24, 2.45) is 5.73 Å². The number of oxazole rings is 1. The molecule has 0 radical (unpaired) electrons. The predicted octanol–water partition coefficient (Wildman–Crippen LogP) is 0.987. The van der Waals surface area contributed by atoms with Crippen LogP contribution in [0.2, 0.25) is 0 Å². The maximum Gasteiger partial charge on any atom is 0.212 e. The first kappa shape index (κ1) is 11.6. The van der Waals surface area contributed by atoms with Gasteiger partial charge in [0.25, 0.3) is 0 Å². The van der Waals surface area contributed by atoms with Crippen molar-refractivity contribution >= 4 is 9.84 Å². The maximum absolute atomic E-state index is 11.7. The summed E-state index contributed by atoms with van der Waals surface area (Å²) in [6.45, 7) is 2.41. The molecule has 6 heteroatoms. The normalized spacial score (nSPS) is 25.8. The van der Waals surface area contributed by atoms with Gasteiger partial charge < -0.3 is 10.2 Å². The van der Waals surface area contributed by atoms with Gasteiger partial charge >= 0.3 is 0 Å². The van der Waals surface area contributed by atoms with Gasteiger partial charge in [0.05, 0.1) is 11.4 Å². The highest BCUT2D eigenvalue weighted by molar-refractivity contribution is 7.91. The number of hydrogen-bond acceptors (Lipinski definition) is 5. The van der Waals surface area contributed by atoms with Gasteiger partial charge in [-0.05, 0) is 12.8 Å². The minimum absolute atomic E-state index is 0.0987. The molecule has 0 amide bonds. The van der Waals surface area contributed by atoms with E-state index in [-0.39, 0.29) is 11.7 Å². The van der Waals surface area contributed by atoms with E-state index in [4.69, 9.17) is 10.2 Å². The molecule has 0 aliphatic carbocycles. The van der Waals surface area contributed by atoms with Crippen LogP contribution in [0.1, 0.15) is 42.5 Å². The summed E-state index contributed by atoms with van der Waals surface area (Å²) >= 11 is 0. The summed E-state index contributed by atoms with van der Waals surface area (Å²) in [6.07, 6.45) is 2.82. The SMILES string of the molecule is CC(CN)c1coc(C2CCCS2(=O)=O)n1. The summed E-state index contributed by atoms with van der Waals surface area (Å²) in [5, 5.41) is -0.550. The highest BCUT2D eigenvalue weighted by Crippen LogP contribution is 2.34. The van der Waals surface area contributed by atoms with Gasteiger partial charge in [0.15, 0.2) is 9.84 Å². The Labute approximate surface area is 95.0 Å². The molecule has 2 atom stereocenters. The third kappa shape index (κ3) is 1.99. The van der Waals surface area contributed by atoms with Gasteiger partial charge in [0.2, 0.25) is 5.89 Å². The lowest BCUT2D eigenvalue weighted by Crippen LogP contribution is -2.11. The molecule has 2 heterocycles. The highest BCUT2D eigenvalue weighted by atomic mass is 32.2. The Bertz CT molecular complexity index is 466. The molecular weight excluding hydrogens is 228 g/mol. The Morgan fingerprint density at radius 1 is 1.69 bits per heavy atom. The van der Waals surface area contributed by atoms with E-state index in [2.05, 4.69) is 4.98 Å². The molecule has 2 unspecified atom stereocenters. The summed E-state index contributed by atoms with van der Waals surface area (Å²) in [7, 11) is -3.05. The van der Waals surface area contributed by atoms with Crippen LogP contribution in [-0.4, -0.2) is 25.7 Å². The van der Waals surface area contributed by atoms with E-state index >= 15 is 0 Å². The molecule has 2 rings (SSSR count). The topological polar surface area (TPSA) is 86.2 Å². The molecular formula is C10H16N2O3S. The Morgan fingerprint density at radius 2 is 2.44 bits per heavy atom. The van der Waals surface area contributed by atoms with E-state index in [1.54, 1.807) is 0 Å². The molecule has 0 aromatic carbocycles. The molecule has 0 bridgehead atoms. The van der Waals surface area contributed by atoms with Crippen LogP contribution in [0.5, 0.6) is 0 Å². The quantitative estimate of drug-likeness (QED) is 0.856. The van der Waals surface area contributed by atoms with Crippen molar-refractivity contribution in [3.8, 4) is 0 Å². The zero-order valence-electron chi connectivity index (χ0n) is 9.22. The molecule has 1 aromatic rings. The monoisotopic (exact) mass is 244 g/mol. The third-order valence-electron chi connectivity index (χ3n) is 3.00. The second kappa shape index (κ2) is 4.18. The molecule has 90 valence electrons. The minimum atomic E-state index is -3.05. The van der Waals surface area contributed by atoms with Crippen LogP contribution in [0.15, 0.2) is 10.7 Å². The van der Waals surface area contributed by atoms with Crippen LogP contribution in [0.25, 0.3) is 0 Å². The van der Waals surface area contributed by atoms with Gasteiger partial charge in [-0.1, -0.05) is 6.92 Å². The lowest BCUT2D eigenvalue weighted by Gasteiger charge is -2.04. The number of hydrogen-bond donors (Lipinski definition) is 1. The molecule has 1 fully saturated rings. The standard InChI is InChI=1S/C10H16N2O3S/c1-7(5-11)8-6-15-10(12-8)9-3-2-4-16(9,13)14/h6-7,9H,2-5,11H2,1H3. The van der Waals surface area contributed by atoms with Crippen LogP contribution >= 0.6 is 0 Å². The smallest absolute Gasteiger partial charge is 0.212 e. The first-order valence-corrected chi connectivity index (χ1v) is 7.13. The molecule has 2 N–H and O–H groups in total. The van der Waals surface area contributed by atoms with Crippen molar-refractivity contribution in [1.29, 1.82) is 0 Å². The lowest BCUT2D eigenvalue weighted by molar-refractivity contribution is 0.476. The average molecular weight is 244 g/mol. The summed E-state index contributed by atoms with van der Waals surface area (Å²) in [5.74, 6) is 0.663. The number of rotatable bonds is 3. The van der Waals surface area contributed by atoms with Crippen molar-refractivity contribution in [2.75, 3.05) is 12.3 Å². The van der Waals surface area contributed by atoms with Gasteiger partial charge in [-0.3, -0.25) is 0 Å². The first-order chi connectivity index (χ1) is 7.54. The highest BCUT2D eigenvalue weighted by Gasteiger charge is 2.36. The molecule has 16 heavy (non-hydrogen) atoms. The Kier molecular flexibility index (Phi) is 3.03. The molecule has 1 aliphatic rings. The van der Waals surface area contributed by atoms with Crippen molar-refractivity contribution in [2.45, 2.75) is 30.9 Å². The average Bonchev–Trinajstić information content (AvgIpc) is 2.82. The van der Waals surface area contributed by atoms with Crippen LogP contribution in [-0.2, 0) is 9.84 Å². The fourth-order valence-electron chi connectivity index (χ4n) is 1.86. The van der Waals surface area contributed by atoms with E-state index in [9.17, 15) is 8.42 Å². The number of aromatic nitrogens is 1. The maximum atomic E-state index is 11.7. The van der Waals surface area contributed by atoms with Crippen molar-refractivity contribution in [3.05, 3.63) is 17.8 Å². The molecule has 0 spiro atoms. The predicted molar refractivity (Wildman–Crippen MR) is 59.7 cm³/mol. The zero-order valence-corrected chi connectivity index (χ0v) is 10.0. The first-order valence-electron chi connectivity index (χ1n) is 5.41. The Hall–Kier alpha value is -0.880. The molecule has 0 saturated carbocycles. The van der Waals surface area contributed by atoms with Gasteiger partial charge in [-0.25, -0.2) is 13.4 Å². The van der Waals surface area contributed by atoms with Crippen molar-refractivity contribution in [3.63, 3.8) is 0 Å². The zero-order chi connectivity index (χ0) is 11.8. The summed E-state index contributed by atoms with van der Waals surface area (Å²) in [5.41, 5.74) is 6.26. The Balaban J connectivity index is 2.25. The number of sulfone groups is 1. The van der Waals surface area contributed by atoms with E-state index < -0.39 is 15.1 Å². The fourth-order valence-corrected chi connectivity index (χ4v) is 3.66. The van der Waals surface area contributed by atoms with Crippen LogP contribution in [0.3, 0.4) is 0 Å². The largest absolute Gasteiger partial charge is 0.447 e. The molecule has 5 nitrogen and oxygen atoms in total. The summed E-state index contributed by atoms with van der Waals surface area (Å²) < 4.78 is 28.6. The van der Waals surface area contributed by atoms with Gasteiger partial charge in [0, 0.05) is 12.5 Å². The molecule has 1 saturated heterocycles. The van der Waals surface area contributed by atoms with E-state index in [0.717, 1.165) is 5.69 Å². The lowest BCUT2D eigenvalue weighted by atomic mass is 10.1. The minimum Gasteiger partial charge on any atom is -0.447 e. The van der Waals surface area contributed by atoms with Crippen molar-refractivity contribution < 1.29 is 12.8 Å². The van der Waals surface area contributed by atoms with E-state index in [0.29, 0.717) is 25.3 Å². The Morgan fingerprint density at radius 3 is 3.00 bits per heavy atom. The van der Waals surface area contributed by atoms with Crippen LogP contribution in [0.4, 0.5) is 0 Å². The van der Waals surface area contributed by atoms with Gasteiger partial charge in [0.1, 0.15) is 11.5 Å². The molecule has 1 aliphatic heterocycles. The number of nitrogens with two attached hydrogens (primary N) is 1. The summed E-state index contributed by atoms with van der Waals surface area (Å²) in [4.78, 5) is 4.23. The third-order valence-corrected chi connectivity index (χ3v) is 5.16. The second-order valence-corrected chi connectivity index (χ2v) is 6.55. The van der Waals surface area contributed by atoms with Crippen LogP contribution < -0.4 is 5.73 Å².